The van der Waals surface area contributed by atoms with E-state index in [1.54, 1.807) is 18.0 Å². The highest BCUT2D eigenvalue weighted by Gasteiger charge is 2.26. The summed E-state index contributed by atoms with van der Waals surface area (Å²) < 4.78 is 7.43. The lowest BCUT2D eigenvalue weighted by molar-refractivity contribution is 0.276. The third-order valence-electron chi connectivity index (χ3n) is 6.15. The molecule has 3 atom stereocenters. The maximum absolute atomic E-state index is 9.45. The minimum absolute atomic E-state index is 0.00633. The Hall–Kier alpha value is -3.49. The number of nitrogens with zero attached hydrogens (tertiary/aromatic N) is 6. The quantitative estimate of drug-likeness (QED) is 0.349. The Balaban J connectivity index is 1.64. The van der Waals surface area contributed by atoms with Crippen LogP contribution < -0.4 is 21.1 Å². The van der Waals surface area contributed by atoms with Gasteiger partial charge in [-0.2, -0.15) is 15.3 Å². The highest BCUT2D eigenvalue weighted by molar-refractivity contribution is 5.86. The fourth-order valence-electron chi connectivity index (χ4n) is 4.43. The Labute approximate surface area is 198 Å². The molecule has 1 aliphatic rings. The summed E-state index contributed by atoms with van der Waals surface area (Å²) in [5, 5.41) is 29.9. The molecule has 0 amide bonds. The number of nitrogens with two attached hydrogens (primary N) is 1. The topological polar surface area (TPSA) is 160 Å². The lowest BCUT2D eigenvalue weighted by Gasteiger charge is -2.19. The minimum Gasteiger partial charge on any atom is -0.495 e. The van der Waals surface area contributed by atoms with Crippen LogP contribution in [0.2, 0.25) is 0 Å². The molecule has 1 aliphatic heterocycles. The lowest BCUT2D eigenvalue weighted by atomic mass is 10.0. The Kier molecular flexibility index (Phi) is 7.40. The Morgan fingerprint density at radius 2 is 2.24 bits per heavy atom. The van der Waals surface area contributed by atoms with Crippen LogP contribution in [0.4, 0.5) is 11.8 Å². The average Bonchev–Trinajstić information content (AvgIpc) is 3.47. The molecule has 0 radical (unpaired) electrons. The molecule has 1 saturated heterocycles. The number of aliphatic hydroxyl groups is 1. The number of pyridine rings is 1. The Morgan fingerprint density at radius 3 is 2.94 bits per heavy atom. The first kappa shape index (κ1) is 23.7. The van der Waals surface area contributed by atoms with E-state index in [9.17, 15) is 10.4 Å². The summed E-state index contributed by atoms with van der Waals surface area (Å²) in [7, 11) is 1.62. The first-order valence-corrected chi connectivity index (χ1v) is 11.6. The van der Waals surface area contributed by atoms with Gasteiger partial charge in [-0.05, 0) is 30.9 Å². The van der Waals surface area contributed by atoms with Crippen molar-refractivity contribution in [2.45, 2.75) is 51.2 Å². The van der Waals surface area contributed by atoms with Crippen molar-refractivity contribution in [1.29, 1.82) is 5.26 Å². The predicted octanol–water partition coefficient (Wildman–Crippen LogP) is 2.00. The molecule has 5 N–H and O–H groups in total. The fourth-order valence-corrected chi connectivity index (χ4v) is 4.43. The van der Waals surface area contributed by atoms with Crippen molar-refractivity contribution >= 4 is 22.8 Å². The zero-order valence-corrected chi connectivity index (χ0v) is 19.5. The van der Waals surface area contributed by atoms with Gasteiger partial charge in [0.25, 0.3) is 0 Å². The molecule has 11 heteroatoms. The highest BCUT2D eigenvalue weighted by atomic mass is 16.5. The third kappa shape index (κ3) is 5.03. The maximum atomic E-state index is 9.45. The van der Waals surface area contributed by atoms with Crippen molar-refractivity contribution < 1.29 is 9.84 Å². The molecule has 3 aromatic rings. The van der Waals surface area contributed by atoms with Gasteiger partial charge >= 0.3 is 0 Å². The maximum Gasteiger partial charge on any atom is 0.222 e. The zero-order valence-electron chi connectivity index (χ0n) is 19.5. The van der Waals surface area contributed by atoms with E-state index in [0.717, 1.165) is 30.3 Å². The van der Waals surface area contributed by atoms with Gasteiger partial charge in [-0.3, -0.25) is 9.67 Å². The molecule has 34 heavy (non-hydrogen) atoms. The number of hydrogen-bond acceptors (Lipinski definition) is 10. The molecule has 1 fully saturated rings. The standard InChI is InChI=1S/C23H31N9O2/c1-3-4-16(5-6-33)29-22-21-18(30-23(25)31-22)12-28-32(21)13-19-20(34-2)8-15(11-27-19)17-7-14(9-24)10-26-17/h8,11-12,14,16-17,26,33H,3-7,10,13H2,1-2H3,(H3,25,29,30,31)/t14-,16?,17?/m0/s1. The smallest absolute Gasteiger partial charge is 0.222 e. The average molecular weight is 466 g/mol. The SMILES string of the molecule is CCCC(CCO)Nc1nc(N)nc2cnn(Cc3ncc(C4C[C@@H](C#N)CN4)cc3OC)c12. The second kappa shape index (κ2) is 10.6. The second-order valence-corrected chi connectivity index (χ2v) is 8.55. The number of nitriles is 1. The second-order valence-electron chi connectivity index (χ2n) is 8.55. The molecular formula is C23H31N9O2. The van der Waals surface area contributed by atoms with Crippen LogP contribution in [-0.2, 0) is 6.54 Å². The Bertz CT molecular complexity index is 1170. The summed E-state index contributed by atoms with van der Waals surface area (Å²) in [5.41, 5.74) is 9.00. The molecule has 4 heterocycles. The summed E-state index contributed by atoms with van der Waals surface area (Å²) in [6.07, 6.45) is 6.70. The number of rotatable bonds is 10. The normalized spacial score (nSPS) is 18.6. The molecule has 11 nitrogen and oxygen atoms in total. The van der Waals surface area contributed by atoms with Crippen molar-refractivity contribution in [1.82, 2.24) is 30.0 Å². The van der Waals surface area contributed by atoms with Gasteiger partial charge in [-0.1, -0.05) is 13.3 Å². The van der Waals surface area contributed by atoms with Crippen molar-refractivity contribution in [3.8, 4) is 11.8 Å². The van der Waals surface area contributed by atoms with Crippen LogP contribution in [0.3, 0.4) is 0 Å². The van der Waals surface area contributed by atoms with E-state index in [4.69, 9.17) is 10.5 Å². The van der Waals surface area contributed by atoms with Crippen LogP contribution in [0, 0.1) is 17.2 Å². The first-order valence-electron chi connectivity index (χ1n) is 11.6. The minimum atomic E-state index is 0.00633. The van der Waals surface area contributed by atoms with Crippen LogP contribution >= 0.6 is 0 Å². The van der Waals surface area contributed by atoms with Gasteiger partial charge < -0.3 is 26.2 Å². The van der Waals surface area contributed by atoms with Crippen molar-refractivity contribution in [3.63, 3.8) is 0 Å². The van der Waals surface area contributed by atoms with Crippen molar-refractivity contribution in [2.24, 2.45) is 5.92 Å². The monoisotopic (exact) mass is 465 g/mol. The van der Waals surface area contributed by atoms with Gasteiger partial charge in [-0.25, -0.2) is 4.98 Å². The third-order valence-corrected chi connectivity index (χ3v) is 6.15. The number of nitrogens with one attached hydrogen (secondary N) is 2. The van der Waals surface area contributed by atoms with E-state index < -0.39 is 0 Å². The van der Waals surface area contributed by atoms with E-state index in [2.05, 4.69) is 43.7 Å². The number of aromatic nitrogens is 5. The summed E-state index contributed by atoms with van der Waals surface area (Å²) in [6.45, 7) is 3.22. The van der Waals surface area contributed by atoms with E-state index >= 15 is 0 Å². The molecule has 180 valence electrons. The fraction of sp³-hybridized carbons (Fsp3) is 0.522. The molecule has 2 unspecified atom stereocenters. The van der Waals surface area contributed by atoms with Gasteiger partial charge in [-0.15, -0.1) is 0 Å². The highest BCUT2D eigenvalue weighted by Crippen LogP contribution is 2.31. The zero-order chi connectivity index (χ0) is 24.1. The summed E-state index contributed by atoms with van der Waals surface area (Å²) in [6, 6.07) is 4.43. The molecular weight excluding hydrogens is 434 g/mol. The van der Waals surface area contributed by atoms with Gasteiger partial charge in [0.05, 0.1) is 31.8 Å². The van der Waals surface area contributed by atoms with E-state index in [-0.39, 0.29) is 30.6 Å². The number of nitrogen functional groups attached to an aromatic ring is 1. The molecule has 0 saturated carbocycles. The van der Waals surface area contributed by atoms with Gasteiger partial charge in [0.2, 0.25) is 5.95 Å². The van der Waals surface area contributed by atoms with Gasteiger partial charge in [0.1, 0.15) is 22.5 Å². The van der Waals surface area contributed by atoms with Crippen LogP contribution in [0.5, 0.6) is 5.75 Å². The largest absolute Gasteiger partial charge is 0.495 e. The summed E-state index contributed by atoms with van der Waals surface area (Å²) in [4.78, 5) is 13.4. The predicted molar refractivity (Wildman–Crippen MR) is 128 cm³/mol. The van der Waals surface area contributed by atoms with Crippen LogP contribution in [0.15, 0.2) is 18.5 Å². The van der Waals surface area contributed by atoms with Crippen LogP contribution in [-0.4, -0.2) is 56.1 Å². The molecule has 0 aliphatic carbocycles. The van der Waals surface area contributed by atoms with E-state index in [0.29, 0.717) is 42.3 Å². The van der Waals surface area contributed by atoms with E-state index in [1.807, 2.05) is 12.3 Å². The number of ether oxygens (including phenoxy) is 1. The number of hydrogen-bond donors (Lipinski definition) is 4. The molecule has 0 bridgehead atoms. The van der Waals surface area contributed by atoms with Crippen molar-refractivity contribution in [2.75, 3.05) is 31.3 Å². The molecule has 0 spiro atoms. The van der Waals surface area contributed by atoms with Crippen molar-refractivity contribution in [3.05, 3.63) is 29.7 Å². The number of anilines is 2. The lowest BCUT2D eigenvalue weighted by Crippen LogP contribution is -2.22. The van der Waals surface area contributed by atoms with Crippen LogP contribution in [0.1, 0.15) is 49.9 Å². The summed E-state index contributed by atoms with van der Waals surface area (Å²) >= 11 is 0. The summed E-state index contributed by atoms with van der Waals surface area (Å²) in [5.74, 6) is 1.40. The molecule has 3 aromatic heterocycles. The van der Waals surface area contributed by atoms with Crippen LogP contribution in [0.25, 0.3) is 11.0 Å². The number of methoxy groups -OCH3 is 1. The Morgan fingerprint density at radius 1 is 1.38 bits per heavy atom. The molecule has 0 aromatic carbocycles. The molecule has 4 rings (SSSR count). The van der Waals surface area contributed by atoms with Gasteiger partial charge in [0.15, 0.2) is 5.82 Å². The number of aliphatic hydroxyl groups excluding tert-OH is 1. The first-order chi connectivity index (χ1) is 16.6. The van der Waals surface area contributed by atoms with Gasteiger partial charge in [0, 0.05) is 31.4 Å². The number of fused-ring (bicyclic) bond motifs is 1. The van der Waals surface area contributed by atoms with E-state index in [1.165, 1.54) is 0 Å².